The fraction of sp³-hybridized carbons (Fsp3) is 0.364. The second kappa shape index (κ2) is 7.75. The first kappa shape index (κ1) is 19.3. The summed E-state index contributed by atoms with van der Waals surface area (Å²) in [7, 11) is 0. The molecule has 1 unspecified atom stereocenters. The van der Waals surface area contributed by atoms with Crippen molar-refractivity contribution < 1.29 is 23.8 Å². The predicted molar refractivity (Wildman–Crippen MR) is 107 cm³/mol. The van der Waals surface area contributed by atoms with Gasteiger partial charge in [-0.3, -0.25) is 9.59 Å². The fourth-order valence-corrected chi connectivity index (χ4v) is 3.46. The van der Waals surface area contributed by atoms with E-state index in [0.717, 1.165) is 18.4 Å². The number of fused-ring (bicyclic) bond motifs is 1. The summed E-state index contributed by atoms with van der Waals surface area (Å²) >= 11 is 0. The van der Waals surface area contributed by atoms with E-state index in [1.54, 1.807) is 24.3 Å². The van der Waals surface area contributed by atoms with Crippen LogP contribution in [0, 0.1) is 0 Å². The van der Waals surface area contributed by atoms with Gasteiger partial charge in [0.1, 0.15) is 6.10 Å². The zero-order valence-corrected chi connectivity index (χ0v) is 16.5. The van der Waals surface area contributed by atoms with Crippen LogP contribution < -0.4 is 20.1 Å². The lowest BCUT2D eigenvalue weighted by atomic mass is 9.93. The number of carbonyl (C=O) groups excluding carboxylic acids is 2. The van der Waals surface area contributed by atoms with Crippen LogP contribution in [0.15, 0.2) is 42.5 Å². The minimum absolute atomic E-state index is 0.180. The minimum Gasteiger partial charge on any atom is -0.454 e. The van der Waals surface area contributed by atoms with Gasteiger partial charge in [-0.05, 0) is 62.6 Å². The Labute approximate surface area is 169 Å². The van der Waals surface area contributed by atoms with Crippen molar-refractivity contribution in [1.82, 2.24) is 5.32 Å². The first-order valence-electron chi connectivity index (χ1n) is 9.67. The van der Waals surface area contributed by atoms with Crippen LogP contribution in [0.25, 0.3) is 0 Å². The molecule has 0 aromatic heterocycles. The number of ether oxygens (including phenoxy) is 3. The topological polar surface area (TPSA) is 85.9 Å². The van der Waals surface area contributed by atoms with E-state index in [9.17, 15) is 9.59 Å². The second-order valence-electron chi connectivity index (χ2n) is 7.72. The van der Waals surface area contributed by atoms with Crippen molar-refractivity contribution >= 4 is 17.5 Å². The Morgan fingerprint density at radius 2 is 1.90 bits per heavy atom. The van der Waals surface area contributed by atoms with Gasteiger partial charge in [-0.25, -0.2) is 0 Å². The first-order chi connectivity index (χ1) is 13.9. The smallest absolute Gasteiger partial charge is 0.253 e. The van der Waals surface area contributed by atoms with Crippen molar-refractivity contribution in [3.05, 3.63) is 53.6 Å². The highest BCUT2D eigenvalue weighted by atomic mass is 16.7. The summed E-state index contributed by atoms with van der Waals surface area (Å²) in [6.07, 6.45) is 1.18. The van der Waals surface area contributed by atoms with Crippen LogP contribution in [0.2, 0.25) is 0 Å². The van der Waals surface area contributed by atoms with Gasteiger partial charge in [0, 0.05) is 17.9 Å². The van der Waals surface area contributed by atoms with Gasteiger partial charge in [-0.15, -0.1) is 0 Å². The lowest BCUT2D eigenvalue weighted by Gasteiger charge is -2.27. The molecule has 0 saturated carbocycles. The Hall–Kier alpha value is -3.06. The number of amides is 2. The SMILES string of the molecule is CC(C)(NC(=O)c1cccc(NC(=O)C2CCCO2)c1)c1ccc2c(c1)OCO2. The van der Waals surface area contributed by atoms with Crippen molar-refractivity contribution in [1.29, 1.82) is 0 Å². The highest BCUT2D eigenvalue weighted by molar-refractivity contribution is 5.98. The molecule has 2 aromatic rings. The molecule has 7 heteroatoms. The van der Waals surface area contributed by atoms with E-state index in [4.69, 9.17) is 14.2 Å². The van der Waals surface area contributed by atoms with Gasteiger partial charge in [-0.2, -0.15) is 0 Å². The predicted octanol–water partition coefficient (Wildman–Crippen LogP) is 3.20. The third-order valence-electron chi connectivity index (χ3n) is 5.13. The highest BCUT2D eigenvalue weighted by Crippen LogP contribution is 2.35. The summed E-state index contributed by atoms with van der Waals surface area (Å²) in [5.74, 6) is 0.954. The van der Waals surface area contributed by atoms with Crippen molar-refractivity contribution in [2.75, 3.05) is 18.7 Å². The molecular formula is C22H24N2O5. The van der Waals surface area contributed by atoms with Crippen LogP contribution >= 0.6 is 0 Å². The van der Waals surface area contributed by atoms with E-state index in [2.05, 4.69) is 10.6 Å². The maximum Gasteiger partial charge on any atom is 0.253 e. The van der Waals surface area contributed by atoms with Gasteiger partial charge in [0.25, 0.3) is 11.8 Å². The maximum atomic E-state index is 12.9. The van der Waals surface area contributed by atoms with Crippen LogP contribution in [0.1, 0.15) is 42.6 Å². The lowest BCUT2D eigenvalue weighted by Crippen LogP contribution is -2.41. The molecule has 7 nitrogen and oxygen atoms in total. The number of hydrogen-bond donors (Lipinski definition) is 2. The Balaban J connectivity index is 1.45. The lowest BCUT2D eigenvalue weighted by molar-refractivity contribution is -0.124. The van der Waals surface area contributed by atoms with Gasteiger partial charge >= 0.3 is 0 Å². The Morgan fingerprint density at radius 1 is 1.07 bits per heavy atom. The third kappa shape index (κ3) is 4.19. The molecule has 2 heterocycles. The molecule has 1 saturated heterocycles. The highest BCUT2D eigenvalue weighted by Gasteiger charge is 2.27. The summed E-state index contributed by atoms with van der Waals surface area (Å²) in [6, 6.07) is 12.5. The number of hydrogen-bond acceptors (Lipinski definition) is 5. The largest absolute Gasteiger partial charge is 0.454 e. The molecule has 0 bridgehead atoms. The van der Waals surface area contributed by atoms with Crippen LogP contribution in [0.5, 0.6) is 11.5 Å². The molecule has 2 aliphatic rings. The van der Waals surface area contributed by atoms with Crippen molar-refractivity contribution in [2.24, 2.45) is 0 Å². The third-order valence-corrected chi connectivity index (χ3v) is 5.13. The van der Waals surface area contributed by atoms with Crippen LogP contribution in [0.4, 0.5) is 5.69 Å². The molecule has 29 heavy (non-hydrogen) atoms. The number of rotatable bonds is 5. The van der Waals surface area contributed by atoms with Crippen molar-refractivity contribution in [3.8, 4) is 11.5 Å². The summed E-state index contributed by atoms with van der Waals surface area (Å²) in [4.78, 5) is 25.1. The standard InChI is InChI=1S/C22H24N2O5/c1-22(2,15-8-9-17-19(12-15)29-13-28-17)24-20(25)14-5-3-6-16(11-14)23-21(26)18-7-4-10-27-18/h3,5-6,8-9,11-12,18H,4,7,10,13H2,1-2H3,(H,23,26)(H,24,25). The van der Waals surface area contributed by atoms with E-state index < -0.39 is 11.6 Å². The number of nitrogens with one attached hydrogen (secondary N) is 2. The average molecular weight is 396 g/mol. The molecule has 2 amide bonds. The summed E-state index contributed by atoms with van der Waals surface area (Å²) < 4.78 is 16.2. The summed E-state index contributed by atoms with van der Waals surface area (Å²) in [6.45, 7) is 4.66. The van der Waals surface area contributed by atoms with E-state index in [0.29, 0.717) is 29.4 Å². The molecule has 1 atom stereocenters. The zero-order chi connectivity index (χ0) is 20.4. The van der Waals surface area contributed by atoms with Gasteiger partial charge < -0.3 is 24.8 Å². The number of anilines is 1. The number of benzene rings is 2. The molecular weight excluding hydrogens is 372 g/mol. The fourth-order valence-electron chi connectivity index (χ4n) is 3.46. The molecule has 0 radical (unpaired) electrons. The van der Waals surface area contributed by atoms with Gasteiger partial charge in [0.15, 0.2) is 11.5 Å². The van der Waals surface area contributed by atoms with E-state index in [-0.39, 0.29) is 18.6 Å². The normalized spacial score (nSPS) is 17.8. The molecule has 0 spiro atoms. The molecule has 2 aromatic carbocycles. The quantitative estimate of drug-likeness (QED) is 0.811. The maximum absolute atomic E-state index is 12.9. The van der Waals surface area contributed by atoms with Crippen molar-refractivity contribution in [2.45, 2.75) is 38.3 Å². The van der Waals surface area contributed by atoms with E-state index in [1.807, 2.05) is 32.0 Å². The van der Waals surface area contributed by atoms with Gasteiger partial charge in [0.2, 0.25) is 6.79 Å². The van der Waals surface area contributed by atoms with Crippen molar-refractivity contribution in [3.63, 3.8) is 0 Å². The molecule has 2 N–H and O–H groups in total. The summed E-state index contributed by atoms with van der Waals surface area (Å²) in [5, 5.41) is 5.87. The molecule has 0 aliphatic carbocycles. The zero-order valence-electron chi connectivity index (χ0n) is 16.5. The van der Waals surface area contributed by atoms with Gasteiger partial charge in [-0.1, -0.05) is 12.1 Å². The molecule has 152 valence electrons. The van der Waals surface area contributed by atoms with Crippen LogP contribution in [-0.2, 0) is 15.1 Å². The second-order valence-corrected chi connectivity index (χ2v) is 7.72. The van der Waals surface area contributed by atoms with Gasteiger partial charge in [0.05, 0.1) is 5.54 Å². The monoisotopic (exact) mass is 396 g/mol. The Bertz CT molecular complexity index is 935. The Kier molecular flexibility index (Phi) is 5.15. The molecule has 4 rings (SSSR count). The average Bonchev–Trinajstić information content (AvgIpc) is 3.39. The molecule has 1 fully saturated rings. The first-order valence-corrected chi connectivity index (χ1v) is 9.67. The molecule has 2 aliphatic heterocycles. The van der Waals surface area contributed by atoms with Crippen LogP contribution in [-0.4, -0.2) is 31.3 Å². The van der Waals surface area contributed by atoms with E-state index in [1.165, 1.54) is 0 Å². The number of carbonyl (C=O) groups is 2. The minimum atomic E-state index is -0.630. The van der Waals surface area contributed by atoms with E-state index >= 15 is 0 Å². The summed E-state index contributed by atoms with van der Waals surface area (Å²) in [5.41, 5.74) is 1.30. The Morgan fingerprint density at radius 3 is 2.69 bits per heavy atom. The van der Waals surface area contributed by atoms with Crippen LogP contribution in [0.3, 0.4) is 0 Å².